The van der Waals surface area contributed by atoms with E-state index in [-0.39, 0.29) is 22.7 Å². The number of alkyl halides is 3. The Bertz CT molecular complexity index is 1120. The second kappa shape index (κ2) is 5.97. The topological polar surface area (TPSA) is 51.1 Å². The van der Waals surface area contributed by atoms with Crippen LogP contribution in [0.25, 0.3) is 10.9 Å². The van der Waals surface area contributed by atoms with E-state index in [1.165, 1.54) is 18.3 Å². The van der Waals surface area contributed by atoms with Gasteiger partial charge in [-0.15, -0.1) is 0 Å². The van der Waals surface area contributed by atoms with Crippen molar-refractivity contribution in [1.82, 2.24) is 4.57 Å². The lowest BCUT2D eigenvalue weighted by Crippen LogP contribution is -2.23. The molecule has 4 rings (SSSR count). The monoisotopic (exact) mass is 372 g/mol. The normalized spacial score (nSPS) is 15.9. The lowest BCUT2D eigenvalue weighted by atomic mass is 10.1. The highest BCUT2D eigenvalue weighted by atomic mass is 19.4. The highest BCUT2D eigenvalue weighted by Gasteiger charge is 2.30. The fraction of sp³-hybridized carbons (Fsp3) is 0.200. The number of nitrogens with one attached hydrogen (secondary N) is 1. The van der Waals surface area contributed by atoms with E-state index < -0.39 is 17.6 Å². The molecule has 0 aliphatic carbocycles. The van der Waals surface area contributed by atoms with E-state index in [0.29, 0.717) is 5.39 Å². The predicted molar refractivity (Wildman–Crippen MR) is 96.0 cm³/mol. The first kappa shape index (κ1) is 17.3. The van der Waals surface area contributed by atoms with Crippen LogP contribution in [0.3, 0.4) is 0 Å². The third-order valence-electron chi connectivity index (χ3n) is 4.84. The van der Waals surface area contributed by atoms with Crippen molar-refractivity contribution in [2.75, 3.05) is 5.32 Å². The zero-order chi connectivity index (χ0) is 19.3. The number of benzene rings is 2. The molecule has 0 spiro atoms. The second-order valence-corrected chi connectivity index (χ2v) is 6.67. The van der Waals surface area contributed by atoms with Gasteiger partial charge < -0.3 is 9.88 Å². The number of halogens is 3. The minimum Gasteiger partial charge on any atom is -0.343 e. The van der Waals surface area contributed by atoms with Gasteiger partial charge in [-0.2, -0.15) is 13.2 Å². The SMILES string of the molecule is C[C@@H]1Cc2cccc3c(=O)c(C(=O)Nc4ccc(C(F)(F)F)cc4)cn1c23. The molecular formula is C20H15F3N2O2. The van der Waals surface area contributed by atoms with Crippen molar-refractivity contribution in [2.24, 2.45) is 0 Å². The number of amides is 1. The molecule has 4 nitrogen and oxygen atoms in total. The maximum atomic E-state index is 12.8. The van der Waals surface area contributed by atoms with Gasteiger partial charge in [0.15, 0.2) is 0 Å². The molecule has 1 aliphatic heterocycles. The Morgan fingerprint density at radius 3 is 2.52 bits per heavy atom. The van der Waals surface area contributed by atoms with Gasteiger partial charge in [-0.1, -0.05) is 12.1 Å². The largest absolute Gasteiger partial charge is 0.416 e. The van der Waals surface area contributed by atoms with E-state index in [1.54, 1.807) is 12.1 Å². The molecule has 0 saturated heterocycles. The summed E-state index contributed by atoms with van der Waals surface area (Å²) in [4.78, 5) is 25.4. The molecule has 0 saturated carbocycles. The van der Waals surface area contributed by atoms with Gasteiger partial charge in [-0.05, 0) is 49.2 Å². The van der Waals surface area contributed by atoms with Crippen LogP contribution < -0.4 is 10.7 Å². The minimum atomic E-state index is -4.45. The Hall–Kier alpha value is -3.09. The third-order valence-corrected chi connectivity index (χ3v) is 4.84. The summed E-state index contributed by atoms with van der Waals surface area (Å²) in [5.74, 6) is -0.644. The molecule has 0 fully saturated rings. The molecule has 1 amide bonds. The number of rotatable bonds is 2. The number of hydrogen-bond donors (Lipinski definition) is 1. The summed E-state index contributed by atoms with van der Waals surface area (Å²) in [5.41, 5.74) is 0.860. The number of nitrogens with zero attached hydrogens (tertiary/aromatic N) is 1. The van der Waals surface area contributed by atoms with Crippen LogP contribution in [0, 0.1) is 0 Å². The highest BCUT2D eigenvalue weighted by Crippen LogP contribution is 2.31. The molecule has 1 aromatic heterocycles. The second-order valence-electron chi connectivity index (χ2n) is 6.67. The molecule has 2 heterocycles. The molecule has 138 valence electrons. The van der Waals surface area contributed by atoms with E-state index in [4.69, 9.17) is 0 Å². The first-order chi connectivity index (χ1) is 12.8. The summed E-state index contributed by atoms with van der Waals surface area (Å²) < 4.78 is 39.8. The molecule has 1 aliphatic rings. The maximum absolute atomic E-state index is 12.8. The first-order valence-corrected chi connectivity index (χ1v) is 8.41. The van der Waals surface area contributed by atoms with E-state index in [2.05, 4.69) is 5.32 Å². The molecule has 0 unspecified atom stereocenters. The Labute approximate surface area is 152 Å². The summed E-state index contributed by atoms with van der Waals surface area (Å²) in [6.45, 7) is 2.00. The van der Waals surface area contributed by atoms with Crippen LogP contribution in [0.15, 0.2) is 53.5 Å². The van der Waals surface area contributed by atoms with E-state index in [1.807, 2.05) is 17.6 Å². The van der Waals surface area contributed by atoms with Crippen LogP contribution >= 0.6 is 0 Å². The smallest absolute Gasteiger partial charge is 0.343 e. The standard InChI is InChI=1S/C20H15F3N2O2/c1-11-9-12-3-2-4-15-17(12)25(11)10-16(18(15)26)19(27)24-14-7-5-13(6-8-14)20(21,22)23/h2-8,10-11H,9H2,1H3,(H,24,27)/t11-/m1/s1. The molecule has 0 radical (unpaired) electrons. The van der Waals surface area contributed by atoms with Crippen LogP contribution in [-0.4, -0.2) is 10.5 Å². The minimum absolute atomic E-state index is 0.0340. The summed E-state index contributed by atoms with van der Waals surface area (Å²) >= 11 is 0. The van der Waals surface area contributed by atoms with Crippen LogP contribution in [0.5, 0.6) is 0 Å². The van der Waals surface area contributed by atoms with Crippen LogP contribution in [0.1, 0.15) is 34.5 Å². The lowest BCUT2D eigenvalue weighted by molar-refractivity contribution is -0.137. The summed E-state index contributed by atoms with van der Waals surface area (Å²) in [6.07, 6.45) is -2.14. The number of pyridine rings is 1. The zero-order valence-electron chi connectivity index (χ0n) is 14.3. The van der Waals surface area contributed by atoms with Gasteiger partial charge in [0, 0.05) is 23.3 Å². The Morgan fingerprint density at radius 1 is 1.15 bits per heavy atom. The van der Waals surface area contributed by atoms with Gasteiger partial charge in [0.25, 0.3) is 5.91 Å². The quantitative estimate of drug-likeness (QED) is 0.725. The Kier molecular flexibility index (Phi) is 3.83. The van der Waals surface area contributed by atoms with Crippen LogP contribution in [-0.2, 0) is 12.6 Å². The van der Waals surface area contributed by atoms with Gasteiger partial charge in [0.2, 0.25) is 5.43 Å². The van der Waals surface area contributed by atoms with E-state index in [9.17, 15) is 22.8 Å². The molecule has 3 aromatic rings. The summed E-state index contributed by atoms with van der Waals surface area (Å²) in [5, 5.41) is 2.98. The fourth-order valence-corrected chi connectivity index (χ4v) is 3.52. The highest BCUT2D eigenvalue weighted by molar-refractivity contribution is 6.06. The van der Waals surface area contributed by atoms with Gasteiger partial charge in [0.1, 0.15) is 5.56 Å². The number of hydrogen-bond acceptors (Lipinski definition) is 2. The van der Waals surface area contributed by atoms with Crippen molar-refractivity contribution in [1.29, 1.82) is 0 Å². The van der Waals surface area contributed by atoms with Crippen molar-refractivity contribution < 1.29 is 18.0 Å². The first-order valence-electron chi connectivity index (χ1n) is 8.41. The lowest BCUT2D eigenvalue weighted by Gasteiger charge is -2.13. The number of anilines is 1. The van der Waals surface area contributed by atoms with Crippen LogP contribution in [0.2, 0.25) is 0 Å². The van der Waals surface area contributed by atoms with E-state index >= 15 is 0 Å². The molecule has 0 bridgehead atoms. The summed E-state index contributed by atoms with van der Waals surface area (Å²) in [6, 6.07) is 9.65. The molecule has 7 heteroatoms. The molecule has 1 N–H and O–H groups in total. The zero-order valence-corrected chi connectivity index (χ0v) is 14.3. The van der Waals surface area contributed by atoms with Gasteiger partial charge in [0.05, 0.1) is 11.1 Å². The summed E-state index contributed by atoms with van der Waals surface area (Å²) in [7, 11) is 0. The van der Waals surface area contributed by atoms with Gasteiger partial charge in [-0.3, -0.25) is 9.59 Å². The van der Waals surface area contributed by atoms with Crippen molar-refractivity contribution >= 4 is 22.5 Å². The molecular weight excluding hydrogens is 357 g/mol. The van der Waals surface area contributed by atoms with E-state index in [0.717, 1.165) is 29.6 Å². The van der Waals surface area contributed by atoms with Crippen molar-refractivity contribution in [3.63, 3.8) is 0 Å². The third kappa shape index (κ3) is 2.89. The molecule has 2 aromatic carbocycles. The number of carbonyl (C=O) groups is 1. The number of carbonyl (C=O) groups excluding carboxylic acids is 1. The number of para-hydroxylation sites is 1. The van der Waals surface area contributed by atoms with Crippen molar-refractivity contribution in [3.05, 3.63) is 75.6 Å². The van der Waals surface area contributed by atoms with Crippen molar-refractivity contribution in [3.8, 4) is 0 Å². The van der Waals surface area contributed by atoms with Crippen LogP contribution in [0.4, 0.5) is 18.9 Å². The molecule has 27 heavy (non-hydrogen) atoms. The predicted octanol–water partition coefficient (Wildman–Crippen LogP) is 4.39. The average Bonchev–Trinajstić information content (AvgIpc) is 2.94. The van der Waals surface area contributed by atoms with Gasteiger partial charge >= 0.3 is 6.18 Å². The number of aromatic nitrogens is 1. The fourth-order valence-electron chi connectivity index (χ4n) is 3.52. The Balaban J connectivity index is 1.70. The molecule has 1 atom stereocenters. The van der Waals surface area contributed by atoms with Crippen molar-refractivity contribution in [2.45, 2.75) is 25.6 Å². The Morgan fingerprint density at radius 2 is 1.85 bits per heavy atom. The van der Waals surface area contributed by atoms with Gasteiger partial charge in [-0.25, -0.2) is 0 Å². The average molecular weight is 372 g/mol. The maximum Gasteiger partial charge on any atom is 0.416 e.